The summed E-state index contributed by atoms with van der Waals surface area (Å²) in [6.45, 7) is 0. The number of hydrogen-bond donors (Lipinski definition) is 0. The van der Waals surface area contributed by atoms with Gasteiger partial charge in [-0.1, -0.05) is 69.2 Å². The third-order valence-electron chi connectivity index (χ3n) is 2.44. The van der Waals surface area contributed by atoms with E-state index in [4.69, 9.17) is 34.8 Å². The zero-order chi connectivity index (χ0) is 14.9. The minimum Gasteiger partial charge on any atom is -0.258 e. The molecule has 0 aliphatic heterocycles. The highest BCUT2D eigenvalue weighted by Gasteiger charge is 2.28. The van der Waals surface area contributed by atoms with Crippen LogP contribution in [0.5, 0.6) is 0 Å². The number of halogens is 4. The molecule has 0 aliphatic rings. The number of alkyl halides is 2. The molecule has 0 bridgehead atoms. The van der Waals surface area contributed by atoms with Crippen molar-refractivity contribution in [2.45, 2.75) is 9.19 Å². The quantitative estimate of drug-likeness (QED) is 0.323. The summed E-state index contributed by atoms with van der Waals surface area (Å²) in [5.74, 6) is 0. The largest absolute Gasteiger partial charge is 0.298 e. The van der Waals surface area contributed by atoms with Crippen LogP contribution in [0.4, 0.5) is 10.2 Å². The molecule has 1 aromatic carbocycles. The van der Waals surface area contributed by atoms with E-state index in [1.54, 1.807) is 24.3 Å². The lowest BCUT2D eigenvalue weighted by Gasteiger charge is -2.06. The van der Waals surface area contributed by atoms with Crippen molar-refractivity contribution < 1.29 is 9.40 Å². The van der Waals surface area contributed by atoms with Crippen LogP contribution in [0.25, 0.3) is 11.1 Å². The summed E-state index contributed by atoms with van der Waals surface area (Å²) in [5.41, 5.74) is -0.00904. The topological polar surface area (TPSA) is 48.1 Å². The van der Waals surface area contributed by atoms with Gasteiger partial charge in [-0.25, -0.2) is 0 Å². The van der Waals surface area contributed by atoms with Crippen LogP contribution in [-0.2, 0) is 0 Å². The van der Waals surface area contributed by atoms with Crippen LogP contribution in [-0.4, -0.2) is 13.9 Å². The standard InChI is InChI=1S/C11H6Cl3FN2O2S/c12-7-4-2-1-3-6(7)9-8(17(18)19)5-16(15)10(9)20-11(13)14/h1-5,11H. The summed E-state index contributed by atoms with van der Waals surface area (Å²) < 4.78 is 12.9. The molecule has 1 aromatic heterocycles. The van der Waals surface area contributed by atoms with Gasteiger partial charge in [-0.05, 0) is 6.07 Å². The Morgan fingerprint density at radius 1 is 1.35 bits per heavy atom. The molecule has 9 heteroatoms. The van der Waals surface area contributed by atoms with Crippen molar-refractivity contribution in [1.82, 2.24) is 4.79 Å². The molecule has 0 amide bonds. The zero-order valence-electron chi connectivity index (χ0n) is 9.60. The maximum atomic E-state index is 13.8. The SMILES string of the molecule is O=[N+]([O-])c1cn(F)c(SC(Cl)Cl)c1-c1ccccc1Cl. The molecule has 0 atom stereocenters. The van der Waals surface area contributed by atoms with Crippen molar-refractivity contribution in [2.24, 2.45) is 0 Å². The molecule has 0 fully saturated rings. The van der Waals surface area contributed by atoms with Gasteiger partial charge in [-0.2, -0.15) is 4.79 Å². The Labute approximate surface area is 132 Å². The highest BCUT2D eigenvalue weighted by atomic mass is 35.5. The second kappa shape index (κ2) is 6.22. The van der Waals surface area contributed by atoms with E-state index in [2.05, 4.69) is 0 Å². The fourth-order valence-corrected chi connectivity index (χ4v) is 3.09. The van der Waals surface area contributed by atoms with Crippen molar-refractivity contribution in [1.29, 1.82) is 0 Å². The fourth-order valence-electron chi connectivity index (χ4n) is 1.70. The predicted molar refractivity (Wildman–Crippen MR) is 79.4 cm³/mol. The first kappa shape index (κ1) is 15.4. The van der Waals surface area contributed by atoms with E-state index in [0.29, 0.717) is 5.56 Å². The average Bonchev–Trinajstić information content (AvgIpc) is 2.67. The van der Waals surface area contributed by atoms with Crippen molar-refractivity contribution in [3.8, 4) is 11.1 Å². The normalized spacial score (nSPS) is 11.1. The maximum Gasteiger partial charge on any atom is 0.298 e. The lowest BCUT2D eigenvalue weighted by molar-refractivity contribution is -0.384. The highest BCUT2D eigenvalue weighted by Crippen LogP contribution is 2.45. The fraction of sp³-hybridized carbons (Fsp3) is 0.0909. The second-order valence-corrected chi connectivity index (χ2v) is 6.74. The Balaban J connectivity index is 2.71. The molecule has 2 rings (SSSR count). The molecule has 0 saturated heterocycles. The van der Waals surface area contributed by atoms with Crippen molar-refractivity contribution in [2.75, 3.05) is 0 Å². The molecule has 0 unspecified atom stereocenters. The van der Waals surface area contributed by atoms with E-state index in [-0.39, 0.29) is 20.4 Å². The molecule has 106 valence electrons. The lowest BCUT2D eigenvalue weighted by Crippen LogP contribution is -1.91. The number of nitrogens with zero attached hydrogens (tertiary/aromatic N) is 2. The van der Waals surface area contributed by atoms with E-state index in [9.17, 15) is 14.6 Å². The molecule has 0 saturated carbocycles. The summed E-state index contributed by atoms with van der Waals surface area (Å²) in [6, 6.07) is 6.44. The van der Waals surface area contributed by atoms with E-state index in [0.717, 1.165) is 18.0 Å². The summed E-state index contributed by atoms with van der Waals surface area (Å²) in [4.78, 5) is 10.5. The van der Waals surface area contributed by atoms with E-state index < -0.39 is 14.8 Å². The van der Waals surface area contributed by atoms with Crippen LogP contribution in [0.2, 0.25) is 5.02 Å². The monoisotopic (exact) mass is 354 g/mol. The van der Waals surface area contributed by atoms with Gasteiger partial charge in [0.25, 0.3) is 5.69 Å². The van der Waals surface area contributed by atoms with Crippen LogP contribution in [0.3, 0.4) is 0 Å². The average molecular weight is 356 g/mol. The van der Waals surface area contributed by atoms with Gasteiger partial charge in [-0.3, -0.25) is 10.1 Å². The number of benzene rings is 1. The maximum absolute atomic E-state index is 13.8. The van der Waals surface area contributed by atoms with E-state index >= 15 is 0 Å². The number of thioether (sulfide) groups is 1. The van der Waals surface area contributed by atoms with Crippen molar-refractivity contribution >= 4 is 52.3 Å². The molecule has 4 nitrogen and oxygen atoms in total. The van der Waals surface area contributed by atoms with Gasteiger partial charge < -0.3 is 0 Å². The third-order valence-corrected chi connectivity index (χ3v) is 4.08. The molecule has 0 spiro atoms. The molecule has 20 heavy (non-hydrogen) atoms. The Morgan fingerprint density at radius 2 is 2.00 bits per heavy atom. The lowest BCUT2D eigenvalue weighted by atomic mass is 10.1. The number of nitro groups is 1. The van der Waals surface area contributed by atoms with Gasteiger partial charge in [0.15, 0.2) is 4.17 Å². The van der Waals surface area contributed by atoms with Gasteiger partial charge >= 0.3 is 0 Å². The van der Waals surface area contributed by atoms with Crippen LogP contribution < -0.4 is 0 Å². The van der Waals surface area contributed by atoms with E-state index in [1.165, 1.54) is 0 Å². The summed E-state index contributed by atoms with van der Waals surface area (Å²) in [5, 5.41) is 11.3. The van der Waals surface area contributed by atoms with Crippen molar-refractivity contribution in [3.05, 3.63) is 45.6 Å². The molecule has 2 aromatic rings. The van der Waals surface area contributed by atoms with Crippen LogP contribution in [0.15, 0.2) is 35.5 Å². The number of hydrogen-bond acceptors (Lipinski definition) is 3. The number of rotatable bonds is 4. The van der Waals surface area contributed by atoms with Crippen molar-refractivity contribution in [3.63, 3.8) is 0 Å². The molecule has 0 N–H and O–H groups in total. The molecular weight excluding hydrogens is 350 g/mol. The van der Waals surface area contributed by atoms with E-state index in [1.807, 2.05) is 0 Å². The highest BCUT2D eigenvalue weighted by molar-refractivity contribution is 8.02. The molecular formula is C11H6Cl3FN2O2S. The smallest absolute Gasteiger partial charge is 0.258 e. The van der Waals surface area contributed by atoms with Gasteiger partial charge in [0, 0.05) is 10.6 Å². The molecule has 1 heterocycles. The van der Waals surface area contributed by atoms with Gasteiger partial charge in [-0.15, -0.1) is 0 Å². The van der Waals surface area contributed by atoms with Gasteiger partial charge in [0.1, 0.15) is 11.2 Å². The summed E-state index contributed by atoms with van der Waals surface area (Å²) in [7, 11) is 0. The van der Waals surface area contributed by atoms with Crippen LogP contribution >= 0.6 is 46.6 Å². The van der Waals surface area contributed by atoms with Crippen LogP contribution in [0.1, 0.15) is 0 Å². The Hall–Kier alpha value is -0.950. The molecule has 0 radical (unpaired) electrons. The first-order valence-corrected chi connectivity index (χ1v) is 7.30. The molecule has 0 aliphatic carbocycles. The minimum atomic E-state index is -0.972. The van der Waals surface area contributed by atoms with Crippen LogP contribution in [0, 0.1) is 10.1 Å². The zero-order valence-corrected chi connectivity index (χ0v) is 12.7. The van der Waals surface area contributed by atoms with Gasteiger partial charge in [0.05, 0.1) is 10.5 Å². The first-order chi connectivity index (χ1) is 9.41. The predicted octanol–water partition coefficient (Wildman–Crippen LogP) is 5.30. The third kappa shape index (κ3) is 3.03. The summed E-state index contributed by atoms with van der Waals surface area (Å²) in [6.07, 6.45) is 0.761. The number of aromatic nitrogens is 1. The van der Waals surface area contributed by atoms with Gasteiger partial charge in [0.2, 0.25) is 0 Å². The Bertz CT molecular complexity index is 663. The summed E-state index contributed by atoms with van der Waals surface area (Å²) >= 11 is 18.0. The second-order valence-electron chi connectivity index (χ2n) is 3.62. The Morgan fingerprint density at radius 3 is 2.55 bits per heavy atom. The first-order valence-electron chi connectivity index (χ1n) is 5.17. The Kier molecular flexibility index (Phi) is 4.80. The minimum absolute atomic E-state index is 0.0550.